The molecule has 0 aromatic heterocycles. The molecule has 146 valence electrons. The lowest BCUT2D eigenvalue weighted by Crippen LogP contribution is -2.20. The molecule has 0 spiro atoms. The standard InChI is InChI=1S/C14H22N2O4.C2H2O4/c1-12-5-6-14(13(11-12)16(17)18)20-9-4-3-7-15-8-10-19-2;3-1(4)2(5)6/h5-6,11,15H,3-4,7-10H2,1-2H3;(H,3,4)(H,5,6). The first kappa shape index (κ1) is 23.3. The Balaban J connectivity index is 0.000000896. The van der Waals surface area contributed by atoms with Crippen molar-refractivity contribution in [3.05, 3.63) is 33.9 Å². The minimum absolute atomic E-state index is 0.0308. The van der Waals surface area contributed by atoms with Crippen molar-refractivity contribution in [2.75, 3.05) is 33.4 Å². The fourth-order valence-corrected chi connectivity index (χ4v) is 1.73. The first-order valence-corrected chi connectivity index (χ1v) is 7.83. The average Bonchev–Trinajstić information content (AvgIpc) is 2.58. The van der Waals surface area contributed by atoms with Crippen LogP contribution >= 0.6 is 0 Å². The molecule has 0 bridgehead atoms. The molecule has 0 amide bonds. The number of ether oxygens (including phenoxy) is 2. The number of unbranched alkanes of at least 4 members (excludes halogenated alkanes) is 1. The topological polar surface area (TPSA) is 148 Å². The van der Waals surface area contributed by atoms with Gasteiger partial charge >= 0.3 is 17.6 Å². The fraction of sp³-hybridized carbons (Fsp3) is 0.500. The number of hydrogen-bond donors (Lipinski definition) is 3. The molecule has 26 heavy (non-hydrogen) atoms. The molecule has 3 N–H and O–H groups in total. The Labute approximate surface area is 150 Å². The molecule has 1 aromatic rings. The number of hydrogen-bond acceptors (Lipinski definition) is 7. The number of nitro groups is 1. The van der Waals surface area contributed by atoms with Gasteiger partial charge in [-0.3, -0.25) is 10.1 Å². The van der Waals surface area contributed by atoms with Gasteiger partial charge in [0, 0.05) is 19.7 Å². The highest BCUT2D eigenvalue weighted by Gasteiger charge is 2.14. The Morgan fingerprint density at radius 3 is 2.35 bits per heavy atom. The Morgan fingerprint density at radius 2 is 1.81 bits per heavy atom. The van der Waals surface area contributed by atoms with Gasteiger partial charge in [-0.05, 0) is 37.9 Å². The number of nitro benzene ring substituents is 1. The summed E-state index contributed by atoms with van der Waals surface area (Å²) in [7, 11) is 1.67. The highest BCUT2D eigenvalue weighted by molar-refractivity contribution is 6.27. The lowest BCUT2D eigenvalue weighted by molar-refractivity contribution is -0.385. The van der Waals surface area contributed by atoms with Crippen LogP contribution in [-0.2, 0) is 14.3 Å². The molecule has 0 saturated carbocycles. The first-order chi connectivity index (χ1) is 12.3. The molecule has 0 atom stereocenters. The van der Waals surface area contributed by atoms with Crippen molar-refractivity contribution < 1.29 is 34.2 Å². The zero-order chi connectivity index (χ0) is 19.9. The second-order valence-electron chi connectivity index (χ2n) is 5.14. The summed E-state index contributed by atoms with van der Waals surface area (Å²) in [6.07, 6.45) is 1.81. The van der Waals surface area contributed by atoms with E-state index in [-0.39, 0.29) is 5.69 Å². The van der Waals surface area contributed by atoms with E-state index in [0.29, 0.717) is 19.0 Å². The SMILES string of the molecule is COCCNCCCCOc1ccc(C)cc1[N+](=O)[O-].O=C(O)C(=O)O. The molecule has 0 aliphatic rings. The molecule has 0 saturated heterocycles. The van der Waals surface area contributed by atoms with Crippen molar-refractivity contribution in [1.82, 2.24) is 5.32 Å². The minimum Gasteiger partial charge on any atom is -0.487 e. The van der Waals surface area contributed by atoms with Gasteiger partial charge in [-0.1, -0.05) is 6.07 Å². The van der Waals surface area contributed by atoms with Crippen LogP contribution in [0.4, 0.5) is 5.69 Å². The predicted octanol–water partition coefficient (Wildman–Crippen LogP) is 1.45. The van der Waals surface area contributed by atoms with E-state index in [1.54, 1.807) is 13.2 Å². The van der Waals surface area contributed by atoms with E-state index in [2.05, 4.69) is 5.32 Å². The van der Waals surface area contributed by atoms with E-state index in [1.807, 2.05) is 13.0 Å². The van der Waals surface area contributed by atoms with E-state index in [4.69, 9.17) is 29.3 Å². The van der Waals surface area contributed by atoms with Gasteiger partial charge < -0.3 is 25.0 Å². The maximum atomic E-state index is 10.9. The summed E-state index contributed by atoms with van der Waals surface area (Å²) in [4.78, 5) is 28.7. The zero-order valence-corrected chi connectivity index (χ0v) is 14.8. The molecule has 0 heterocycles. The lowest BCUT2D eigenvalue weighted by Gasteiger charge is -2.08. The summed E-state index contributed by atoms with van der Waals surface area (Å²) in [5, 5.41) is 28.9. The van der Waals surface area contributed by atoms with Crippen LogP contribution in [-0.4, -0.2) is 60.5 Å². The molecule has 10 nitrogen and oxygen atoms in total. The van der Waals surface area contributed by atoms with Crippen molar-refractivity contribution in [3.8, 4) is 5.75 Å². The molecular formula is C16H24N2O8. The number of benzene rings is 1. The Morgan fingerprint density at radius 1 is 1.15 bits per heavy atom. The molecule has 10 heteroatoms. The zero-order valence-electron chi connectivity index (χ0n) is 14.8. The van der Waals surface area contributed by atoms with Gasteiger partial charge in [0.05, 0.1) is 18.1 Å². The van der Waals surface area contributed by atoms with Crippen LogP contribution in [0.25, 0.3) is 0 Å². The second kappa shape index (κ2) is 13.6. The largest absolute Gasteiger partial charge is 0.487 e. The monoisotopic (exact) mass is 372 g/mol. The van der Waals surface area contributed by atoms with Gasteiger partial charge in [-0.2, -0.15) is 0 Å². The number of nitrogens with one attached hydrogen (secondary N) is 1. The second-order valence-corrected chi connectivity index (χ2v) is 5.14. The quantitative estimate of drug-likeness (QED) is 0.240. The maximum absolute atomic E-state index is 10.9. The Hall–Kier alpha value is -2.72. The van der Waals surface area contributed by atoms with E-state index in [0.717, 1.165) is 31.5 Å². The molecule has 1 aromatic carbocycles. The van der Waals surface area contributed by atoms with E-state index in [1.165, 1.54) is 6.07 Å². The number of aliphatic carboxylic acids is 2. The highest BCUT2D eigenvalue weighted by atomic mass is 16.6. The van der Waals surface area contributed by atoms with Crippen molar-refractivity contribution in [3.63, 3.8) is 0 Å². The summed E-state index contributed by atoms with van der Waals surface area (Å²) in [5.74, 6) is -3.31. The smallest absolute Gasteiger partial charge is 0.414 e. The molecule has 0 unspecified atom stereocenters. The fourth-order valence-electron chi connectivity index (χ4n) is 1.73. The van der Waals surface area contributed by atoms with Gasteiger partial charge in [-0.25, -0.2) is 9.59 Å². The van der Waals surface area contributed by atoms with Gasteiger partial charge in [0.25, 0.3) is 0 Å². The highest BCUT2D eigenvalue weighted by Crippen LogP contribution is 2.27. The predicted molar refractivity (Wildman–Crippen MR) is 92.6 cm³/mol. The molecule has 0 fully saturated rings. The van der Waals surface area contributed by atoms with E-state index >= 15 is 0 Å². The average molecular weight is 372 g/mol. The number of carboxylic acids is 2. The molecule has 0 aliphatic carbocycles. The third-order valence-corrected chi connectivity index (χ3v) is 2.98. The maximum Gasteiger partial charge on any atom is 0.414 e. The van der Waals surface area contributed by atoms with Gasteiger partial charge in [0.15, 0.2) is 5.75 Å². The van der Waals surface area contributed by atoms with Crippen LogP contribution in [0.15, 0.2) is 18.2 Å². The number of carboxylic acid groups (broad SMARTS) is 2. The van der Waals surface area contributed by atoms with Crippen LogP contribution in [0.1, 0.15) is 18.4 Å². The molecule has 1 rings (SSSR count). The number of carbonyl (C=O) groups is 2. The van der Waals surface area contributed by atoms with Crippen molar-refractivity contribution >= 4 is 17.6 Å². The van der Waals surface area contributed by atoms with Gasteiger partial charge in [-0.15, -0.1) is 0 Å². The first-order valence-electron chi connectivity index (χ1n) is 7.83. The summed E-state index contributed by atoms with van der Waals surface area (Å²) < 4.78 is 10.4. The lowest BCUT2D eigenvalue weighted by atomic mass is 10.2. The van der Waals surface area contributed by atoms with Crippen molar-refractivity contribution in [2.24, 2.45) is 0 Å². The van der Waals surface area contributed by atoms with Crippen LogP contribution in [0.5, 0.6) is 5.75 Å². The van der Waals surface area contributed by atoms with Crippen molar-refractivity contribution in [2.45, 2.75) is 19.8 Å². The molecule has 0 aliphatic heterocycles. The summed E-state index contributed by atoms with van der Waals surface area (Å²) in [6.45, 7) is 4.73. The third kappa shape index (κ3) is 10.9. The minimum atomic E-state index is -1.82. The summed E-state index contributed by atoms with van der Waals surface area (Å²) in [6, 6.07) is 5.00. The Kier molecular flexibility index (Phi) is 12.1. The molecule has 0 radical (unpaired) electrons. The van der Waals surface area contributed by atoms with Crippen LogP contribution in [0.2, 0.25) is 0 Å². The van der Waals surface area contributed by atoms with Gasteiger partial charge in [0.1, 0.15) is 0 Å². The Bertz CT molecular complexity index is 580. The third-order valence-electron chi connectivity index (χ3n) is 2.98. The van der Waals surface area contributed by atoms with Crippen LogP contribution in [0.3, 0.4) is 0 Å². The number of methoxy groups -OCH3 is 1. The summed E-state index contributed by atoms with van der Waals surface area (Å²) in [5.41, 5.74) is 0.884. The molecular weight excluding hydrogens is 348 g/mol. The van der Waals surface area contributed by atoms with E-state index in [9.17, 15) is 10.1 Å². The number of nitrogens with zero attached hydrogens (tertiary/aromatic N) is 1. The summed E-state index contributed by atoms with van der Waals surface area (Å²) >= 11 is 0. The number of aryl methyl sites for hydroxylation is 1. The normalized spacial score (nSPS) is 9.77. The van der Waals surface area contributed by atoms with Crippen LogP contribution < -0.4 is 10.1 Å². The van der Waals surface area contributed by atoms with Crippen LogP contribution in [0, 0.1) is 17.0 Å². The van der Waals surface area contributed by atoms with E-state index < -0.39 is 16.9 Å². The number of rotatable bonds is 10. The van der Waals surface area contributed by atoms with Gasteiger partial charge in [0.2, 0.25) is 0 Å². The van der Waals surface area contributed by atoms with Crippen molar-refractivity contribution in [1.29, 1.82) is 0 Å².